The normalized spacial score (nSPS) is 19.3. The van der Waals surface area contributed by atoms with Gasteiger partial charge < -0.3 is 10.1 Å². The summed E-state index contributed by atoms with van der Waals surface area (Å²) in [7, 11) is 1.76. The predicted octanol–water partition coefficient (Wildman–Crippen LogP) is 3.70. The first kappa shape index (κ1) is 13.8. The van der Waals surface area contributed by atoms with Gasteiger partial charge in [0, 0.05) is 19.7 Å². The molecule has 0 heterocycles. The molecule has 0 saturated heterocycles. The number of hydrogen-bond acceptors (Lipinski definition) is 2. The molecule has 1 aromatic rings. The molecule has 2 nitrogen and oxygen atoms in total. The fraction of sp³-hybridized carbons (Fsp3) is 0.571. The highest BCUT2D eigenvalue weighted by atomic mass is 35.5. The zero-order chi connectivity index (χ0) is 13.2. The highest BCUT2D eigenvalue weighted by molar-refractivity contribution is 6.30. The molecule has 100 valence electrons. The Hall–Kier alpha value is -0.640. The first-order valence-electron chi connectivity index (χ1n) is 6.30. The molecular weight excluding hydrogens is 253 g/mol. The van der Waals surface area contributed by atoms with Crippen molar-refractivity contribution in [1.82, 2.24) is 5.32 Å². The van der Waals surface area contributed by atoms with Crippen LogP contribution < -0.4 is 5.32 Å². The van der Waals surface area contributed by atoms with Gasteiger partial charge in [-0.2, -0.15) is 0 Å². The molecule has 1 aromatic carbocycles. The van der Waals surface area contributed by atoms with Gasteiger partial charge in [0.1, 0.15) is 5.82 Å². The Bertz CT molecular complexity index is 415. The van der Waals surface area contributed by atoms with Crippen LogP contribution in [0.3, 0.4) is 0 Å². The summed E-state index contributed by atoms with van der Waals surface area (Å²) >= 11 is 5.67. The maximum atomic E-state index is 13.4. The van der Waals surface area contributed by atoms with Gasteiger partial charge in [0.25, 0.3) is 0 Å². The number of hydrogen-bond donors (Lipinski definition) is 1. The molecule has 0 aliphatic heterocycles. The molecule has 0 aromatic heterocycles. The van der Waals surface area contributed by atoms with Crippen molar-refractivity contribution in [2.75, 3.05) is 13.7 Å². The average Bonchev–Trinajstić information content (AvgIpc) is 2.31. The van der Waals surface area contributed by atoms with Crippen LogP contribution in [0.2, 0.25) is 5.02 Å². The van der Waals surface area contributed by atoms with E-state index in [-0.39, 0.29) is 22.5 Å². The fourth-order valence-corrected chi connectivity index (χ4v) is 2.38. The maximum Gasteiger partial charge on any atom is 0.142 e. The molecule has 1 atom stereocenters. The molecule has 0 amide bonds. The van der Waals surface area contributed by atoms with Gasteiger partial charge in [-0.1, -0.05) is 17.7 Å². The van der Waals surface area contributed by atoms with Gasteiger partial charge in [-0.3, -0.25) is 0 Å². The molecule has 1 aliphatic rings. The van der Waals surface area contributed by atoms with Crippen molar-refractivity contribution < 1.29 is 9.13 Å². The molecule has 0 spiro atoms. The number of benzene rings is 1. The standard InChI is InChI=1S/C14H19ClFNO/c1-10(11-4-5-12(15)13(16)8-11)17-9-14(18-2)6-3-7-14/h4-5,8,10,17H,3,6-7,9H2,1-2H3. The van der Waals surface area contributed by atoms with Crippen molar-refractivity contribution in [3.8, 4) is 0 Å². The molecule has 1 saturated carbocycles. The number of nitrogens with one attached hydrogen (secondary N) is 1. The molecule has 4 heteroatoms. The molecule has 1 unspecified atom stereocenters. The van der Waals surface area contributed by atoms with E-state index in [1.165, 1.54) is 12.5 Å². The van der Waals surface area contributed by atoms with E-state index in [0.717, 1.165) is 24.9 Å². The zero-order valence-electron chi connectivity index (χ0n) is 10.8. The first-order valence-corrected chi connectivity index (χ1v) is 6.68. The number of methoxy groups -OCH3 is 1. The average molecular weight is 272 g/mol. The number of rotatable bonds is 5. The van der Waals surface area contributed by atoms with Crippen LogP contribution in [0.1, 0.15) is 37.8 Å². The summed E-state index contributed by atoms with van der Waals surface area (Å²) in [5, 5.41) is 3.57. The van der Waals surface area contributed by atoms with Crippen LogP contribution in [-0.4, -0.2) is 19.3 Å². The lowest BCUT2D eigenvalue weighted by Crippen LogP contribution is -2.48. The lowest BCUT2D eigenvalue weighted by atomic mass is 9.80. The van der Waals surface area contributed by atoms with Gasteiger partial charge in [0.15, 0.2) is 0 Å². The SMILES string of the molecule is COC1(CNC(C)c2ccc(Cl)c(F)c2)CCC1. The summed E-state index contributed by atoms with van der Waals surface area (Å²) in [4.78, 5) is 0. The van der Waals surface area contributed by atoms with E-state index < -0.39 is 0 Å². The summed E-state index contributed by atoms with van der Waals surface area (Å²) in [6.45, 7) is 2.82. The molecule has 0 radical (unpaired) electrons. The van der Waals surface area contributed by atoms with Gasteiger partial charge in [0.05, 0.1) is 10.6 Å². The lowest BCUT2D eigenvalue weighted by molar-refractivity contribution is -0.0706. The summed E-state index contributed by atoms with van der Waals surface area (Å²) in [5.74, 6) is -0.368. The van der Waals surface area contributed by atoms with Gasteiger partial charge in [-0.15, -0.1) is 0 Å². The third-order valence-electron chi connectivity index (χ3n) is 3.87. The second-order valence-corrected chi connectivity index (χ2v) is 5.42. The minimum atomic E-state index is -0.368. The van der Waals surface area contributed by atoms with Crippen LogP contribution in [0.15, 0.2) is 18.2 Å². The lowest BCUT2D eigenvalue weighted by Gasteiger charge is -2.41. The van der Waals surface area contributed by atoms with E-state index in [1.54, 1.807) is 13.2 Å². The second kappa shape index (κ2) is 5.55. The van der Waals surface area contributed by atoms with Crippen LogP contribution in [0.5, 0.6) is 0 Å². The largest absolute Gasteiger partial charge is 0.377 e. The zero-order valence-corrected chi connectivity index (χ0v) is 11.6. The Morgan fingerprint density at radius 3 is 2.72 bits per heavy atom. The molecule has 0 bridgehead atoms. The third-order valence-corrected chi connectivity index (χ3v) is 4.18. The summed E-state index contributed by atoms with van der Waals surface area (Å²) < 4.78 is 18.9. The van der Waals surface area contributed by atoms with Crippen molar-refractivity contribution in [1.29, 1.82) is 0 Å². The topological polar surface area (TPSA) is 21.3 Å². The Morgan fingerprint density at radius 1 is 1.50 bits per heavy atom. The van der Waals surface area contributed by atoms with Crippen LogP contribution in [0.25, 0.3) is 0 Å². The monoisotopic (exact) mass is 271 g/mol. The molecule has 2 rings (SSSR count). The Labute approximate surface area is 112 Å². The Morgan fingerprint density at radius 2 is 2.22 bits per heavy atom. The summed E-state index contributed by atoms with van der Waals surface area (Å²) in [6.07, 6.45) is 3.41. The maximum absolute atomic E-state index is 13.4. The van der Waals surface area contributed by atoms with Gasteiger partial charge in [-0.25, -0.2) is 4.39 Å². The summed E-state index contributed by atoms with van der Waals surface area (Å²) in [5.41, 5.74) is 0.890. The van der Waals surface area contributed by atoms with E-state index in [9.17, 15) is 4.39 Å². The predicted molar refractivity (Wildman–Crippen MR) is 71.4 cm³/mol. The van der Waals surface area contributed by atoms with Crippen LogP contribution in [0.4, 0.5) is 4.39 Å². The van der Waals surface area contributed by atoms with Crippen molar-refractivity contribution in [3.63, 3.8) is 0 Å². The second-order valence-electron chi connectivity index (χ2n) is 5.02. The van der Waals surface area contributed by atoms with Crippen LogP contribution in [-0.2, 0) is 4.74 Å². The molecule has 1 fully saturated rings. The number of ether oxygens (including phenoxy) is 1. The highest BCUT2D eigenvalue weighted by Crippen LogP contribution is 2.34. The van der Waals surface area contributed by atoms with Crippen molar-refractivity contribution in [3.05, 3.63) is 34.6 Å². The van der Waals surface area contributed by atoms with Gasteiger partial charge in [0.2, 0.25) is 0 Å². The highest BCUT2D eigenvalue weighted by Gasteiger charge is 2.36. The number of halogens is 2. The van der Waals surface area contributed by atoms with E-state index in [1.807, 2.05) is 13.0 Å². The quantitative estimate of drug-likeness (QED) is 0.882. The smallest absolute Gasteiger partial charge is 0.142 e. The Balaban J connectivity index is 1.94. The van der Waals surface area contributed by atoms with E-state index in [2.05, 4.69) is 5.32 Å². The minimum Gasteiger partial charge on any atom is -0.377 e. The third kappa shape index (κ3) is 2.85. The minimum absolute atomic E-state index is 0.0147. The van der Waals surface area contributed by atoms with Gasteiger partial charge in [-0.05, 0) is 43.9 Å². The summed E-state index contributed by atoms with van der Waals surface area (Å²) in [6, 6.07) is 5.02. The van der Waals surface area contributed by atoms with E-state index in [4.69, 9.17) is 16.3 Å². The molecule has 1 aliphatic carbocycles. The molecular formula is C14H19ClFNO. The Kier molecular flexibility index (Phi) is 4.25. The van der Waals surface area contributed by atoms with Crippen molar-refractivity contribution in [2.24, 2.45) is 0 Å². The fourth-order valence-electron chi connectivity index (χ4n) is 2.26. The van der Waals surface area contributed by atoms with Gasteiger partial charge >= 0.3 is 0 Å². The molecule has 18 heavy (non-hydrogen) atoms. The van der Waals surface area contributed by atoms with Crippen molar-refractivity contribution >= 4 is 11.6 Å². The van der Waals surface area contributed by atoms with E-state index >= 15 is 0 Å². The first-order chi connectivity index (χ1) is 8.56. The van der Waals surface area contributed by atoms with Crippen LogP contribution in [0, 0.1) is 5.82 Å². The van der Waals surface area contributed by atoms with Crippen molar-refractivity contribution in [2.45, 2.75) is 37.8 Å². The van der Waals surface area contributed by atoms with E-state index in [0.29, 0.717) is 0 Å². The molecule has 1 N–H and O–H groups in total. The van der Waals surface area contributed by atoms with Crippen LogP contribution >= 0.6 is 11.6 Å².